The summed E-state index contributed by atoms with van der Waals surface area (Å²) >= 11 is 0. The molecule has 1 saturated heterocycles. The normalized spacial score (nSPS) is 19.3. The van der Waals surface area contributed by atoms with Crippen LogP contribution in [0.2, 0.25) is 0 Å². The predicted octanol–water partition coefficient (Wildman–Crippen LogP) is 3.45. The fourth-order valence-electron chi connectivity index (χ4n) is 4.08. The highest BCUT2D eigenvalue weighted by atomic mass is 16.2. The molecule has 3 rings (SSSR count). The molecule has 0 unspecified atom stereocenters. The Morgan fingerprint density at radius 2 is 1.75 bits per heavy atom. The van der Waals surface area contributed by atoms with Gasteiger partial charge in [-0.3, -0.25) is 14.6 Å². The monoisotopic (exact) mass is 379 g/mol. The summed E-state index contributed by atoms with van der Waals surface area (Å²) in [5.74, 6) is 0.184. The summed E-state index contributed by atoms with van der Waals surface area (Å²) in [6.45, 7) is 5.66. The molecule has 0 spiro atoms. The van der Waals surface area contributed by atoms with Gasteiger partial charge in [0.2, 0.25) is 11.8 Å². The summed E-state index contributed by atoms with van der Waals surface area (Å²) < 4.78 is 0. The van der Waals surface area contributed by atoms with Crippen molar-refractivity contribution in [2.45, 2.75) is 39.5 Å². The second-order valence-electron chi connectivity index (χ2n) is 7.52. The van der Waals surface area contributed by atoms with Crippen LogP contribution in [0.5, 0.6) is 0 Å². The van der Waals surface area contributed by atoms with Gasteiger partial charge in [-0.05, 0) is 55.0 Å². The summed E-state index contributed by atoms with van der Waals surface area (Å²) in [4.78, 5) is 31.2. The van der Waals surface area contributed by atoms with Crippen molar-refractivity contribution < 1.29 is 9.59 Å². The number of amides is 2. The molecular formula is C23H29N3O2. The Balaban J connectivity index is 1.83. The molecule has 5 heteroatoms. The number of aromatic nitrogens is 1. The lowest BCUT2D eigenvalue weighted by atomic mass is 9.74. The zero-order valence-electron chi connectivity index (χ0n) is 16.8. The SMILES string of the molecule is CCNC(=O)[C@]1(Cc2ccc(-c3ccncc3)cc2)CCCN(C(=O)CC)C1. The lowest BCUT2D eigenvalue weighted by molar-refractivity contribution is -0.141. The Labute approximate surface area is 167 Å². The van der Waals surface area contributed by atoms with E-state index in [9.17, 15) is 9.59 Å². The number of nitrogens with zero attached hydrogens (tertiary/aromatic N) is 2. The Morgan fingerprint density at radius 1 is 1.07 bits per heavy atom. The molecule has 5 nitrogen and oxygen atoms in total. The third kappa shape index (κ3) is 4.41. The van der Waals surface area contributed by atoms with Gasteiger partial charge in [0.15, 0.2) is 0 Å². The Bertz CT molecular complexity index is 804. The van der Waals surface area contributed by atoms with Crippen LogP contribution in [0.25, 0.3) is 11.1 Å². The summed E-state index contributed by atoms with van der Waals surface area (Å²) in [5, 5.41) is 3.01. The second-order valence-corrected chi connectivity index (χ2v) is 7.52. The van der Waals surface area contributed by atoms with Gasteiger partial charge >= 0.3 is 0 Å². The third-order valence-corrected chi connectivity index (χ3v) is 5.56. The van der Waals surface area contributed by atoms with Crippen LogP contribution in [-0.4, -0.2) is 41.3 Å². The van der Waals surface area contributed by atoms with Gasteiger partial charge in [0.1, 0.15) is 0 Å². The molecule has 1 atom stereocenters. The molecule has 0 saturated carbocycles. The number of carbonyl (C=O) groups is 2. The van der Waals surface area contributed by atoms with Gasteiger partial charge in [-0.1, -0.05) is 31.2 Å². The molecule has 1 fully saturated rings. The average molecular weight is 380 g/mol. The van der Waals surface area contributed by atoms with Crippen molar-refractivity contribution in [2.75, 3.05) is 19.6 Å². The fraction of sp³-hybridized carbons (Fsp3) is 0.435. The Morgan fingerprint density at radius 3 is 2.39 bits per heavy atom. The molecule has 2 amide bonds. The van der Waals surface area contributed by atoms with Crippen molar-refractivity contribution in [3.63, 3.8) is 0 Å². The molecule has 0 radical (unpaired) electrons. The van der Waals surface area contributed by atoms with Gasteiger partial charge in [0.05, 0.1) is 5.41 Å². The first-order valence-corrected chi connectivity index (χ1v) is 10.1. The summed E-state index contributed by atoms with van der Waals surface area (Å²) in [6, 6.07) is 12.3. The van der Waals surface area contributed by atoms with E-state index in [4.69, 9.17) is 0 Å². The summed E-state index contributed by atoms with van der Waals surface area (Å²) in [6.07, 6.45) is 6.36. The second kappa shape index (κ2) is 9.00. The van der Waals surface area contributed by atoms with Gasteiger partial charge in [-0.2, -0.15) is 0 Å². The van der Waals surface area contributed by atoms with Crippen LogP contribution in [-0.2, 0) is 16.0 Å². The van der Waals surface area contributed by atoms with Crippen molar-refractivity contribution in [1.82, 2.24) is 15.2 Å². The largest absolute Gasteiger partial charge is 0.356 e. The molecule has 1 N–H and O–H groups in total. The van der Waals surface area contributed by atoms with Crippen molar-refractivity contribution in [3.05, 3.63) is 54.4 Å². The van der Waals surface area contributed by atoms with Crippen molar-refractivity contribution in [1.29, 1.82) is 0 Å². The Kier molecular flexibility index (Phi) is 6.45. The third-order valence-electron chi connectivity index (χ3n) is 5.56. The van der Waals surface area contributed by atoms with E-state index < -0.39 is 5.41 Å². The number of hydrogen-bond donors (Lipinski definition) is 1. The summed E-state index contributed by atoms with van der Waals surface area (Å²) in [5.41, 5.74) is 2.81. The van der Waals surface area contributed by atoms with E-state index in [1.807, 2.05) is 30.9 Å². The van der Waals surface area contributed by atoms with Crippen molar-refractivity contribution in [3.8, 4) is 11.1 Å². The number of rotatable bonds is 6. The van der Waals surface area contributed by atoms with Crippen LogP contribution in [0.3, 0.4) is 0 Å². The van der Waals surface area contributed by atoms with E-state index in [1.165, 1.54) is 0 Å². The number of piperidine rings is 1. The molecule has 148 valence electrons. The maximum atomic E-state index is 13.0. The van der Waals surface area contributed by atoms with Crippen LogP contribution < -0.4 is 5.32 Å². The van der Waals surface area contributed by atoms with E-state index in [2.05, 4.69) is 34.6 Å². The van der Waals surface area contributed by atoms with E-state index in [0.29, 0.717) is 25.9 Å². The van der Waals surface area contributed by atoms with Gasteiger partial charge in [0, 0.05) is 38.4 Å². The first-order valence-electron chi connectivity index (χ1n) is 10.1. The molecule has 2 heterocycles. The molecule has 1 aromatic heterocycles. The minimum Gasteiger partial charge on any atom is -0.356 e. The van der Waals surface area contributed by atoms with Gasteiger partial charge in [-0.25, -0.2) is 0 Å². The van der Waals surface area contributed by atoms with Crippen LogP contribution in [0.1, 0.15) is 38.7 Å². The molecule has 0 aliphatic carbocycles. The topological polar surface area (TPSA) is 62.3 Å². The van der Waals surface area contributed by atoms with E-state index in [-0.39, 0.29) is 11.8 Å². The molecule has 1 aromatic carbocycles. The fourth-order valence-corrected chi connectivity index (χ4v) is 4.08. The molecule has 1 aliphatic heterocycles. The Hall–Kier alpha value is -2.69. The van der Waals surface area contributed by atoms with Crippen molar-refractivity contribution in [2.24, 2.45) is 5.41 Å². The lowest BCUT2D eigenvalue weighted by Crippen LogP contribution is -2.54. The average Bonchev–Trinajstić information content (AvgIpc) is 2.74. The quantitative estimate of drug-likeness (QED) is 0.836. The van der Waals surface area contributed by atoms with Gasteiger partial charge < -0.3 is 10.2 Å². The van der Waals surface area contributed by atoms with Gasteiger partial charge in [-0.15, -0.1) is 0 Å². The minimum atomic E-state index is -0.558. The molecule has 2 aromatic rings. The predicted molar refractivity (Wildman–Crippen MR) is 111 cm³/mol. The van der Waals surface area contributed by atoms with Crippen molar-refractivity contribution >= 4 is 11.8 Å². The maximum Gasteiger partial charge on any atom is 0.228 e. The highest BCUT2D eigenvalue weighted by Crippen LogP contribution is 2.35. The standard InChI is InChI=1S/C23H29N3O2/c1-3-21(27)26-15-5-12-23(17-26,22(28)25-4-2)16-18-6-8-19(9-7-18)20-10-13-24-14-11-20/h6-11,13-14H,3-5,12,15-17H2,1-2H3,(H,25,28)/t23-/m0/s1. The smallest absolute Gasteiger partial charge is 0.228 e. The van der Waals surface area contributed by atoms with E-state index in [1.54, 1.807) is 12.4 Å². The highest BCUT2D eigenvalue weighted by Gasteiger charge is 2.43. The van der Waals surface area contributed by atoms with Crippen LogP contribution in [0, 0.1) is 5.41 Å². The number of nitrogens with one attached hydrogen (secondary N) is 1. The molecule has 0 bridgehead atoms. The summed E-state index contributed by atoms with van der Waals surface area (Å²) in [7, 11) is 0. The van der Waals surface area contributed by atoms with Gasteiger partial charge in [0.25, 0.3) is 0 Å². The lowest BCUT2D eigenvalue weighted by Gasteiger charge is -2.42. The zero-order valence-corrected chi connectivity index (χ0v) is 16.8. The number of carbonyl (C=O) groups excluding carboxylic acids is 2. The molecular weight excluding hydrogens is 350 g/mol. The van der Waals surface area contributed by atoms with E-state index >= 15 is 0 Å². The highest BCUT2D eigenvalue weighted by molar-refractivity contribution is 5.85. The number of benzene rings is 1. The van der Waals surface area contributed by atoms with E-state index in [0.717, 1.165) is 36.1 Å². The maximum absolute atomic E-state index is 13.0. The number of hydrogen-bond acceptors (Lipinski definition) is 3. The minimum absolute atomic E-state index is 0.0572. The first-order chi connectivity index (χ1) is 13.6. The van der Waals surface area contributed by atoms with Crippen LogP contribution in [0.4, 0.5) is 0 Å². The van der Waals surface area contributed by atoms with Crippen LogP contribution >= 0.6 is 0 Å². The molecule has 28 heavy (non-hydrogen) atoms. The zero-order chi connectivity index (χ0) is 20.0. The van der Waals surface area contributed by atoms with Crippen LogP contribution in [0.15, 0.2) is 48.8 Å². The number of likely N-dealkylation sites (tertiary alicyclic amines) is 1. The number of pyridine rings is 1. The molecule has 1 aliphatic rings. The first kappa shape index (κ1) is 20.1.